The van der Waals surface area contributed by atoms with Gasteiger partial charge in [0.25, 0.3) is 0 Å². The Morgan fingerprint density at radius 1 is 1.29 bits per heavy atom. The molecule has 3 unspecified atom stereocenters. The highest BCUT2D eigenvalue weighted by atomic mass is 79.9. The van der Waals surface area contributed by atoms with Gasteiger partial charge in [-0.2, -0.15) is 0 Å². The first-order valence-electron chi connectivity index (χ1n) is 8.30. The smallest absolute Gasteiger partial charge is 0.119 e. The molecule has 2 fully saturated rings. The van der Waals surface area contributed by atoms with Gasteiger partial charge in [-0.3, -0.25) is 0 Å². The van der Waals surface area contributed by atoms with Crippen molar-refractivity contribution in [2.24, 2.45) is 17.8 Å². The fourth-order valence-electron chi connectivity index (χ4n) is 4.32. The van der Waals surface area contributed by atoms with E-state index in [9.17, 15) is 0 Å². The molecule has 2 nitrogen and oxygen atoms in total. The van der Waals surface area contributed by atoms with Crippen molar-refractivity contribution in [3.05, 3.63) is 28.2 Å². The Balaban J connectivity index is 1.73. The molecule has 0 aliphatic heterocycles. The number of hydrogen-bond donors (Lipinski definition) is 1. The van der Waals surface area contributed by atoms with E-state index in [0.717, 1.165) is 36.5 Å². The lowest BCUT2D eigenvalue weighted by molar-refractivity contribution is 0.411. The van der Waals surface area contributed by atoms with Gasteiger partial charge in [0, 0.05) is 10.5 Å². The van der Waals surface area contributed by atoms with Crippen molar-refractivity contribution >= 4 is 15.9 Å². The normalized spacial score (nSPS) is 28.8. The van der Waals surface area contributed by atoms with Crippen LogP contribution in [0.3, 0.4) is 0 Å². The van der Waals surface area contributed by atoms with Crippen molar-refractivity contribution in [3.63, 3.8) is 0 Å². The van der Waals surface area contributed by atoms with E-state index in [0.29, 0.717) is 6.04 Å². The Labute approximate surface area is 136 Å². The maximum atomic E-state index is 5.38. The average Bonchev–Trinajstić information content (AvgIpc) is 3.23. The van der Waals surface area contributed by atoms with Crippen LogP contribution in [0.25, 0.3) is 0 Å². The van der Waals surface area contributed by atoms with Crippen LogP contribution in [-0.2, 0) is 6.42 Å². The molecule has 1 aromatic rings. The quantitative estimate of drug-likeness (QED) is 0.819. The highest BCUT2D eigenvalue weighted by Crippen LogP contribution is 2.57. The zero-order valence-electron chi connectivity index (χ0n) is 13.1. The van der Waals surface area contributed by atoms with E-state index >= 15 is 0 Å². The summed E-state index contributed by atoms with van der Waals surface area (Å²) in [6, 6.07) is 6.93. The molecule has 3 heteroatoms. The number of hydrogen-bond acceptors (Lipinski definition) is 2. The van der Waals surface area contributed by atoms with Crippen LogP contribution in [0, 0.1) is 17.8 Å². The summed E-state index contributed by atoms with van der Waals surface area (Å²) < 4.78 is 6.58. The molecule has 1 N–H and O–H groups in total. The van der Waals surface area contributed by atoms with Gasteiger partial charge in [0.2, 0.25) is 0 Å². The van der Waals surface area contributed by atoms with Crippen LogP contribution in [0.1, 0.15) is 38.2 Å². The van der Waals surface area contributed by atoms with Gasteiger partial charge in [0.1, 0.15) is 5.75 Å². The van der Waals surface area contributed by atoms with E-state index < -0.39 is 0 Å². The number of ether oxygens (including phenoxy) is 1. The van der Waals surface area contributed by atoms with E-state index in [1.807, 2.05) is 6.07 Å². The van der Waals surface area contributed by atoms with E-state index in [1.54, 1.807) is 7.11 Å². The summed E-state index contributed by atoms with van der Waals surface area (Å²) in [5.41, 5.74) is 1.36. The highest BCUT2D eigenvalue weighted by Gasteiger charge is 2.53. The summed E-state index contributed by atoms with van der Waals surface area (Å²) in [7, 11) is 1.74. The molecule has 0 heterocycles. The minimum atomic E-state index is 0.617. The van der Waals surface area contributed by atoms with Gasteiger partial charge in [-0.25, -0.2) is 0 Å². The Morgan fingerprint density at radius 2 is 2.00 bits per heavy atom. The van der Waals surface area contributed by atoms with Crippen molar-refractivity contribution in [2.75, 3.05) is 13.7 Å². The number of benzene rings is 1. The molecular weight excluding hydrogens is 326 g/mol. The van der Waals surface area contributed by atoms with Crippen LogP contribution in [0.15, 0.2) is 22.7 Å². The van der Waals surface area contributed by atoms with Gasteiger partial charge in [-0.05, 0) is 67.3 Å². The van der Waals surface area contributed by atoms with E-state index in [4.69, 9.17) is 4.74 Å². The molecule has 2 aliphatic carbocycles. The van der Waals surface area contributed by atoms with Crippen molar-refractivity contribution in [2.45, 2.75) is 45.1 Å². The Bertz CT molecular complexity index is 478. The molecule has 2 aliphatic rings. The lowest BCUT2D eigenvalue weighted by Gasteiger charge is -2.20. The van der Waals surface area contributed by atoms with Crippen molar-refractivity contribution in [1.82, 2.24) is 5.32 Å². The summed E-state index contributed by atoms with van der Waals surface area (Å²) in [5, 5.41) is 3.75. The average molecular weight is 352 g/mol. The number of fused-ring (bicyclic) bond motifs is 1. The number of rotatable bonds is 6. The Kier molecular flexibility index (Phi) is 4.90. The van der Waals surface area contributed by atoms with E-state index in [2.05, 4.69) is 40.3 Å². The molecule has 3 atom stereocenters. The summed E-state index contributed by atoms with van der Waals surface area (Å²) >= 11 is 3.70. The third-order valence-electron chi connectivity index (χ3n) is 5.35. The van der Waals surface area contributed by atoms with Crippen LogP contribution in [0.4, 0.5) is 0 Å². The topological polar surface area (TPSA) is 21.3 Å². The lowest BCUT2D eigenvalue weighted by atomic mass is 9.99. The lowest BCUT2D eigenvalue weighted by Crippen LogP contribution is -2.34. The predicted octanol–water partition coefficient (Wildman–Crippen LogP) is 4.41. The van der Waals surface area contributed by atoms with Gasteiger partial charge in [0.05, 0.1) is 7.11 Å². The molecule has 0 amide bonds. The highest BCUT2D eigenvalue weighted by molar-refractivity contribution is 9.10. The van der Waals surface area contributed by atoms with Gasteiger partial charge in [-0.1, -0.05) is 35.7 Å². The fourth-order valence-corrected chi connectivity index (χ4v) is 4.73. The number of methoxy groups -OCH3 is 1. The van der Waals surface area contributed by atoms with Crippen LogP contribution in [0.5, 0.6) is 5.75 Å². The second-order valence-electron chi connectivity index (χ2n) is 6.52. The van der Waals surface area contributed by atoms with Gasteiger partial charge >= 0.3 is 0 Å². The fraction of sp³-hybridized carbons (Fsp3) is 0.667. The molecule has 0 radical (unpaired) electrons. The first-order valence-corrected chi connectivity index (χ1v) is 9.09. The van der Waals surface area contributed by atoms with Gasteiger partial charge in [0.15, 0.2) is 0 Å². The number of nitrogens with one attached hydrogen (secondary N) is 1. The molecule has 116 valence electrons. The largest absolute Gasteiger partial charge is 0.497 e. The second kappa shape index (κ2) is 6.70. The molecule has 21 heavy (non-hydrogen) atoms. The van der Waals surface area contributed by atoms with E-state index in [1.165, 1.54) is 35.7 Å². The van der Waals surface area contributed by atoms with E-state index in [-0.39, 0.29) is 0 Å². The van der Waals surface area contributed by atoms with Crippen LogP contribution >= 0.6 is 15.9 Å². The van der Waals surface area contributed by atoms with Crippen molar-refractivity contribution in [3.8, 4) is 5.75 Å². The summed E-state index contributed by atoms with van der Waals surface area (Å²) in [6.07, 6.45) is 6.90. The number of likely N-dealkylation sites (N-methyl/N-ethyl adjacent to an activating group) is 1. The molecule has 0 saturated heterocycles. The monoisotopic (exact) mass is 351 g/mol. The minimum absolute atomic E-state index is 0.617. The second-order valence-corrected chi connectivity index (χ2v) is 7.37. The zero-order valence-corrected chi connectivity index (χ0v) is 14.7. The first-order chi connectivity index (χ1) is 10.2. The minimum Gasteiger partial charge on any atom is -0.497 e. The van der Waals surface area contributed by atoms with Crippen LogP contribution < -0.4 is 10.1 Å². The Hall–Kier alpha value is -0.540. The SMILES string of the molecule is CCNC(Cc1cc(OC)ccc1Br)C1C2CCCCC21. The molecule has 1 aromatic carbocycles. The predicted molar refractivity (Wildman–Crippen MR) is 90.8 cm³/mol. The first kappa shape index (κ1) is 15.4. The third-order valence-corrected chi connectivity index (χ3v) is 6.12. The summed E-state index contributed by atoms with van der Waals surface area (Å²) in [4.78, 5) is 0. The van der Waals surface area contributed by atoms with Crippen LogP contribution in [0.2, 0.25) is 0 Å². The molecule has 3 rings (SSSR count). The van der Waals surface area contributed by atoms with Gasteiger partial charge < -0.3 is 10.1 Å². The van der Waals surface area contributed by atoms with Crippen molar-refractivity contribution in [1.29, 1.82) is 0 Å². The molecule has 0 bridgehead atoms. The van der Waals surface area contributed by atoms with Crippen LogP contribution in [-0.4, -0.2) is 19.7 Å². The standard InChI is InChI=1S/C18H26BrNO/c1-3-20-17(18-14-6-4-5-7-15(14)18)11-12-10-13(21-2)8-9-16(12)19/h8-10,14-15,17-18,20H,3-7,11H2,1-2H3. The molecular formula is C18H26BrNO. The third kappa shape index (κ3) is 3.29. The maximum absolute atomic E-state index is 5.38. The maximum Gasteiger partial charge on any atom is 0.119 e. The summed E-state index contributed by atoms with van der Waals surface area (Å²) in [5.74, 6) is 3.83. The number of halogens is 1. The zero-order chi connectivity index (χ0) is 14.8. The molecule has 0 spiro atoms. The molecule has 0 aromatic heterocycles. The Morgan fingerprint density at radius 3 is 2.62 bits per heavy atom. The summed E-state index contributed by atoms with van der Waals surface area (Å²) in [6.45, 7) is 3.28. The van der Waals surface area contributed by atoms with Gasteiger partial charge in [-0.15, -0.1) is 0 Å². The van der Waals surface area contributed by atoms with Crippen molar-refractivity contribution < 1.29 is 4.74 Å². The molecule has 2 saturated carbocycles.